The summed E-state index contributed by atoms with van der Waals surface area (Å²) >= 11 is 0. The summed E-state index contributed by atoms with van der Waals surface area (Å²) in [6.07, 6.45) is 2.65. The van der Waals surface area contributed by atoms with Crippen molar-refractivity contribution in [2.24, 2.45) is 7.05 Å². The molecule has 0 saturated heterocycles. The van der Waals surface area contributed by atoms with Gasteiger partial charge in [0.25, 0.3) is 0 Å². The molecular formula is C16H16F2N4O. The molecule has 1 N–H and O–H groups in total. The number of fused-ring (bicyclic) bond motifs is 1. The summed E-state index contributed by atoms with van der Waals surface area (Å²) in [5.41, 5.74) is 2.10. The van der Waals surface area contributed by atoms with Gasteiger partial charge in [-0.25, -0.2) is 18.7 Å². The number of benzene rings is 1. The van der Waals surface area contributed by atoms with Crippen LogP contribution >= 0.6 is 0 Å². The molecule has 0 fully saturated rings. The molecule has 0 bridgehead atoms. The number of nitrogens with one attached hydrogen (secondary N) is 1. The molecule has 0 spiro atoms. The van der Waals surface area contributed by atoms with Crippen LogP contribution in [0.4, 0.5) is 20.3 Å². The van der Waals surface area contributed by atoms with Crippen LogP contribution in [0.3, 0.4) is 0 Å². The van der Waals surface area contributed by atoms with E-state index in [1.165, 1.54) is 24.5 Å². The Morgan fingerprint density at radius 1 is 1.30 bits per heavy atom. The smallest absolute Gasteiger partial charge is 0.158 e. The largest absolute Gasteiger partial charge is 0.486 e. The van der Waals surface area contributed by atoms with Gasteiger partial charge in [-0.05, 0) is 25.1 Å². The van der Waals surface area contributed by atoms with Crippen LogP contribution < -0.4 is 10.1 Å². The zero-order chi connectivity index (χ0) is 16.4. The zero-order valence-corrected chi connectivity index (χ0v) is 12.8. The van der Waals surface area contributed by atoms with Gasteiger partial charge in [-0.3, -0.25) is 0 Å². The van der Waals surface area contributed by atoms with Crippen molar-refractivity contribution in [2.45, 2.75) is 13.0 Å². The Hall–Kier alpha value is -2.70. The molecule has 3 aromatic rings. The summed E-state index contributed by atoms with van der Waals surface area (Å²) in [5, 5.41) is 3.11. The van der Waals surface area contributed by atoms with E-state index in [4.69, 9.17) is 4.74 Å². The van der Waals surface area contributed by atoms with Crippen molar-refractivity contribution in [3.8, 4) is 5.75 Å². The number of ether oxygens (including phenoxy) is 1. The fraction of sp³-hybridized carbons (Fsp3) is 0.250. The third-order valence-corrected chi connectivity index (χ3v) is 3.40. The van der Waals surface area contributed by atoms with Crippen molar-refractivity contribution in [2.75, 3.05) is 12.0 Å². The molecule has 0 aliphatic rings. The molecule has 0 amide bonds. The monoisotopic (exact) mass is 318 g/mol. The fourth-order valence-electron chi connectivity index (χ4n) is 2.28. The van der Waals surface area contributed by atoms with E-state index >= 15 is 0 Å². The highest BCUT2D eigenvalue weighted by Crippen LogP contribution is 2.31. The molecule has 0 aliphatic heterocycles. The van der Waals surface area contributed by atoms with E-state index < -0.39 is 18.6 Å². The van der Waals surface area contributed by atoms with E-state index in [1.54, 1.807) is 6.92 Å². The number of hydrogen-bond acceptors (Lipinski definition) is 4. The lowest BCUT2D eigenvalue weighted by Gasteiger charge is -2.16. The van der Waals surface area contributed by atoms with E-state index in [0.29, 0.717) is 11.5 Å². The van der Waals surface area contributed by atoms with Crippen molar-refractivity contribution in [3.63, 3.8) is 0 Å². The first-order chi connectivity index (χ1) is 11.1. The minimum Gasteiger partial charge on any atom is -0.486 e. The van der Waals surface area contributed by atoms with Gasteiger partial charge in [0, 0.05) is 19.3 Å². The predicted octanol–water partition coefficient (Wildman–Crippen LogP) is 3.59. The molecular weight excluding hydrogens is 302 g/mol. The minimum atomic E-state index is -0.669. The number of anilines is 2. The number of alkyl halides is 1. The van der Waals surface area contributed by atoms with Crippen LogP contribution in [0.25, 0.3) is 11.0 Å². The molecule has 23 heavy (non-hydrogen) atoms. The van der Waals surface area contributed by atoms with Crippen LogP contribution in [-0.4, -0.2) is 27.3 Å². The molecule has 5 nitrogen and oxygen atoms in total. The second-order valence-electron chi connectivity index (χ2n) is 5.23. The lowest BCUT2D eigenvalue weighted by atomic mass is 10.2. The van der Waals surface area contributed by atoms with Crippen molar-refractivity contribution < 1.29 is 13.5 Å². The Morgan fingerprint density at radius 3 is 2.91 bits per heavy atom. The molecule has 0 aliphatic carbocycles. The summed E-state index contributed by atoms with van der Waals surface area (Å²) < 4.78 is 33.5. The SMILES string of the molecule is C[C@H](CF)Oc1cc(F)ccc1Nc1ncnc2ccn(C)c12. The zero-order valence-electron chi connectivity index (χ0n) is 12.8. The van der Waals surface area contributed by atoms with Crippen LogP contribution in [0.1, 0.15) is 6.92 Å². The van der Waals surface area contributed by atoms with Gasteiger partial charge >= 0.3 is 0 Å². The standard InChI is InChI=1S/C16H16F2N4O/c1-10(8-17)23-14-7-11(18)3-4-12(14)21-16-15-13(19-9-20-16)5-6-22(15)2/h3-7,9-10H,8H2,1-2H3,(H,19,20,21)/t10-/m1/s1. The third-order valence-electron chi connectivity index (χ3n) is 3.40. The maximum Gasteiger partial charge on any atom is 0.158 e. The topological polar surface area (TPSA) is 52.0 Å². The van der Waals surface area contributed by atoms with Gasteiger partial charge in [-0.1, -0.05) is 0 Å². The van der Waals surface area contributed by atoms with Crippen molar-refractivity contribution in [1.29, 1.82) is 0 Å². The van der Waals surface area contributed by atoms with Gasteiger partial charge in [0.15, 0.2) is 5.82 Å². The summed E-state index contributed by atoms with van der Waals surface area (Å²) in [5.74, 6) is 0.339. The van der Waals surface area contributed by atoms with Gasteiger partial charge in [0.1, 0.15) is 36.2 Å². The lowest BCUT2D eigenvalue weighted by molar-refractivity contribution is 0.182. The Kier molecular flexibility index (Phi) is 4.10. The summed E-state index contributed by atoms with van der Waals surface area (Å²) in [6.45, 7) is 0.917. The first-order valence-electron chi connectivity index (χ1n) is 7.13. The Balaban J connectivity index is 2.00. The number of rotatable bonds is 5. The van der Waals surface area contributed by atoms with Gasteiger partial charge in [-0.2, -0.15) is 0 Å². The number of halogens is 2. The predicted molar refractivity (Wildman–Crippen MR) is 84.3 cm³/mol. The fourth-order valence-corrected chi connectivity index (χ4v) is 2.28. The van der Waals surface area contributed by atoms with Crippen LogP contribution in [-0.2, 0) is 7.05 Å². The summed E-state index contributed by atoms with van der Waals surface area (Å²) in [6, 6.07) is 5.93. The third kappa shape index (κ3) is 3.08. The Bertz CT molecular complexity index is 834. The van der Waals surface area contributed by atoms with Gasteiger partial charge < -0.3 is 14.6 Å². The van der Waals surface area contributed by atoms with E-state index in [2.05, 4.69) is 15.3 Å². The first-order valence-corrected chi connectivity index (χ1v) is 7.13. The number of aryl methyl sites for hydroxylation is 1. The van der Waals surface area contributed by atoms with Crippen LogP contribution in [0, 0.1) is 5.82 Å². The van der Waals surface area contributed by atoms with E-state index in [0.717, 1.165) is 11.0 Å². The maximum atomic E-state index is 13.5. The highest BCUT2D eigenvalue weighted by molar-refractivity contribution is 5.88. The van der Waals surface area contributed by atoms with E-state index in [9.17, 15) is 8.78 Å². The number of nitrogens with zero attached hydrogens (tertiary/aromatic N) is 3. The second-order valence-corrected chi connectivity index (χ2v) is 5.23. The Labute approximate surface area is 131 Å². The second kappa shape index (κ2) is 6.20. The average molecular weight is 318 g/mol. The van der Waals surface area contributed by atoms with Crippen molar-refractivity contribution in [3.05, 3.63) is 42.6 Å². The van der Waals surface area contributed by atoms with Gasteiger partial charge in [0.05, 0.1) is 11.2 Å². The molecule has 120 valence electrons. The molecule has 1 aromatic carbocycles. The number of aromatic nitrogens is 3. The number of hydrogen-bond donors (Lipinski definition) is 1. The molecule has 2 heterocycles. The molecule has 7 heteroatoms. The van der Waals surface area contributed by atoms with Gasteiger partial charge in [-0.15, -0.1) is 0 Å². The quantitative estimate of drug-likeness (QED) is 0.781. The van der Waals surface area contributed by atoms with Crippen molar-refractivity contribution in [1.82, 2.24) is 14.5 Å². The average Bonchev–Trinajstić information content (AvgIpc) is 2.92. The maximum absolute atomic E-state index is 13.5. The first kappa shape index (κ1) is 15.2. The normalized spacial score (nSPS) is 12.3. The van der Waals surface area contributed by atoms with Gasteiger partial charge in [0.2, 0.25) is 0 Å². The molecule has 3 rings (SSSR count). The van der Waals surface area contributed by atoms with Crippen LogP contribution in [0.2, 0.25) is 0 Å². The van der Waals surface area contributed by atoms with Crippen LogP contribution in [0.5, 0.6) is 5.75 Å². The molecule has 0 saturated carbocycles. The summed E-state index contributed by atoms with van der Waals surface area (Å²) in [4.78, 5) is 8.42. The highest BCUT2D eigenvalue weighted by atomic mass is 19.1. The highest BCUT2D eigenvalue weighted by Gasteiger charge is 2.13. The minimum absolute atomic E-state index is 0.233. The Morgan fingerprint density at radius 2 is 2.13 bits per heavy atom. The summed E-state index contributed by atoms with van der Waals surface area (Å²) in [7, 11) is 1.88. The van der Waals surface area contributed by atoms with E-state index in [1.807, 2.05) is 23.9 Å². The lowest BCUT2D eigenvalue weighted by Crippen LogP contribution is -2.15. The van der Waals surface area contributed by atoms with Crippen LogP contribution in [0.15, 0.2) is 36.8 Å². The van der Waals surface area contributed by atoms with E-state index in [-0.39, 0.29) is 5.75 Å². The molecule has 1 atom stereocenters. The molecule has 0 radical (unpaired) electrons. The molecule has 0 unspecified atom stereocenters. The molecule has 2 aromatic heterocycles. The van der Waals surface area contributed by atoms with Crippen molar-refractivity contribution >= 4 is 22.5 Å².